The lowest BCUT2D eigenvalue weighted by molar-refractivity contribution is 0.586. The minimum atomic E-state index is -3.52. The number of hydrogen-bond acceptors (Lipinski definition) is 3. The number of benzene rings is 1. The second-order valence-corrected chi connectivity index (χ2v) is 5.38. The summed E-state index contributed by atoms with van der Waals surface area (Å²) >= 11 is 4.82. The van der Waals surface area contributed by atoms with Crippen molar-refractivity contribution < 1.29 is 8.42 Å². The Bertz CT molecular complexity index is 500. The van der Waals surface area contributed by atoms with Gasteiger partial charge in [0.15, 0.2) is 0 Å². The topological polar surface area (TPSA) is 84.2 Å². The number of thiocarbonyl (C=S) groups is 1. The van der Waals surface area contributed by atoms with Crippen LogP contribution in [-0.4, -0.2) is 20.0 Å². The van der Waals surface area contributed by atoms with Gasteiger partial charge in [-0.15, -0.1) is 0 Å². The number of rotatable bonds is 6. The molecular formula is C10H15N3O2S2. The first-order chi connectivity index (χ1) is 7.94. The van der Waals surface area contributed by atoms with Crippen LogP contribution in [0.5, 0.6) is 0 Å². The maximum atomic E-state index is 11.6. The van der Waals surface area contributed by atoms with Crippen LogP contribution < -0.4 is 15.2 Å². The molecular weight excluding hydrogens is 258 g/mol. The Hall–Kier alpha value is -1.18. The third kappa shape index (κ3) is 4.68. The quantitative estimate of drug-likeness (QED) is 0.675. The van der Waals surface area contributed by atoms with E-state index in [-0.39, 0.29) is 4.99 Å². The van der Waals surface area contributed by atoms with Gasteiger partial charge >= 0.3 is 0 Å². The highest BCUT2D eigenvalue weighted by Gasteiger charge is 2.08. The van der Waals surface area contributed by atoms with Gasteiger partial charge in [-0.2, -0.15) is 13.1 Å². The number of hydrogen-bond donors (Lipinski definition) is 3. The number of nitrogens with one attached hydrogen (secondary N) is 2. The fourth-order valence-corrected chi connectivity index (χ4v) is 2.27. The van der Waals surface area contributed by atoms with Crippen molar-refractivity contribution in [3.8, 4) is 0 Å². The predicted molar refractivity (Wildman–Crippen MR) is 73.2 cm³/mol. The molecule has 0 fully saturated rings. The molecule has 0 aliphatic carbocycles. The van der Waals surface area contributed by atoms with E-state index in [0.717, 1.165) is 6.42 Å². The molecule has 7 heteroatoms. The van der Waals surface area contributed by atoms with Crippen LogP contribution in [0.1, 0.15) is 18.9 Å². The molecule has 0 spiro atoms. The Morgan fingerprint density at radius 2 is 2.18 bits per heavy atom. The van der Waals surface area contributed by atoms with E-state index < -0.39 is 10.2 Å². The molecule has 1 aromatic rings. The number of nitrogens with two attached hydrogens (primary N) is 1. The van der Waals surface area contributed by atoms with Gasteiger partial charge in [0.1, 0.15) is 4.99 Å². The summed E-state index contributed by atoms with van der Waals surface area (Å²) in [7, 11) is -3.52. The molecule has 94 valence electrons. The maximum Gasteiger partial charge on any atom is 0.299 e. The Kier molecular flexibility index (Phi) is 4.86. The predicted octanol–water partition coefficient (Wildman–Crippen LogP) is 0.977. The van der Waals surface area contributed by atoms with Crippen molar-refractivity contribution >= 4 is 33.1 Å². The smallest absolute Gasteiger partial charge is 0.299 e. The zero-order chi connectivity index (χ0) is 12.9. The highest BCUT2D eigenvalue weighted by Crippen LogP contribution is 2.11. The molecule has 0 radical (unpaired) electrons. The molecule has 0 saturated heterocycles. The average Bonchev–Trinajstić information content (AvgIpc) is 2.26. The first-order valence-corrected chi connectivity index (χ1v) is 7.01. The summed E-state index contributed by atoms with van der Waals surface area (Å²) in [4.78, 5) is 0.229. The molecule has 0 atom stereocenters. The average molecular weight is 273 g/mol. The lowest BCUT2D eigenvalue weighted by atomic mass is 10.2. The van der Waals surface area contributed by atoms with Crippen LogP contribution in [0, 0.1) is 0 Å². The summed E-state index contributed by atoms with van der Waals surface area (Å²) in [5, 5.41) is 0. The van der Waals surface area contributed by atoms with E-state index >= 15 is 0 Å². The van der Waals surface area contributed by atoms with Crippen LogP contribution in [0.25, 0.3) is 0 Å². The second-order valence-electron chi connectivity index (χ2n) is 3.44. The van der Waals surface area contributed by atoms with Crippen molar-refractivity contribution in [3.05, 3.63) is 29.8 Å². The van der Waals surface area contributed by atoms with E-state index in [0.29, 0.717) is 17.8 Å². The van der Waals surface area contributed by atoms with E-state index in [1.807, 2.05) is 6.92 Å². The Morgan fingerprint density at radius 1 is 1.47 bits per heavy atom. The Labute approximate surface area is 107 Å². The summed E-state index contributed by atoms with van der Waals surface area (Å²) in [5.41, 5.74) is 6.52. The van der Waals surface area contributed by atoms with Crippen LogP contribution in [-0.2, 0) is 10.2 Å². The van der Waals surface area contributed by atoms with Crippen molar-refractivity contribution in [2.45, 2.75) is 13.3 Å². The van der Waals surface area contributed by atoms with Crippen molar-refractivity contribution in [1.29, 1.82) is 0 Å². The normalized spacial score (nSPS) is 11.1. The zero-order valence-electron chi connectivity index (χ0n) is 9.43. The Balaban J connectivity index is 2.81. The lowest BCUT2D eigenvalue weighted by Crippen LogP contribution is -2.30. The third-order valence-corrected chi connectivity index (χ3v) is 3.27. The van der Waals surface area contributed by atoms with Crippen molar-refractivity contribution in [2.24, 2.45) is 5.73 Å². The molecule has 1 aromatic carbocycles. The molecule has 0 aromatic heterocycles. The third-order valence-electron chi connectivity index (χ3n) is 1.94. The van der Waals surface area contributed by atoms with Gasteiger partial charge in [0, 0.05) is 12.1 Å². The van der Waals surface area contributed by atoms with Crippen LogP contribution >= 0.6 is 12.2 Å². The van der Waals surface area contributed by atoms with E-state index in [1.165, 1.54) is 0 Å². The van der Waals surface area contributed by atoms with Gasteiger partial charge in [-0.25, -0.2) is 0 Å². The highest BCUT2D eigenvalue weighted by molar-refractivity contribution is 7.90. The molecule has 0 aliphatic heterocycles. The summed E-state index contributed by atoms with van der Waals surface area (Å²) in [5.74, 6) is 0. The first kappa shape index (κ1) is 13.9. The van der Waals surface area contributed by atoms with Crippen LogP contribution in [0.3, 0.4) is 0 Å². The zero-order valence-corrected chi connectivity index (χ0v) is 11.1. The van der Waals surface area contributed by atoms with Crippen LogP contribution in [0.4, 0.5) is 5.69 Å². The minimum Gasteiger partial charge on any atom is -0.389 e. The highest BCUT2D eigenvalue weighted by atomic mass is 32.2. The van der Waals surface area contributed by atoms with Gasteiger partial charge in [0.05, 0.1) is 5.69 Å². The minimum absolute atomic E-state index is 0.229. The molecule has 0 heterocycles. The second kappa shape index (κ2) is 5.95. The van der Waals surface area contributed by atoms with E-state index in [9.17, 15) is 8.42 Å². The maximum absolute atomic E-state index is 11.6. The molecule has 4 N–H and O–H groups in total. The van der Waals surface area contributed by atoms with Gasteiger partial charge < -0.3 is 5.73 Å². The fourth-order valence-electron chi connectivity index (χ4n) is 1.16. The summed E-state index contributed by atoms with van der Waals surface area (Å²) in [6.07, 6.45) is 0.730. The van der Waals surface area contributed by atoms with Gasteiger partial charge in [-0.1, -0.05) is 31.3 Å². The molecule has 0 aliphatic rings. The summed E-state index contributed by atoms with van der Waals surface area (Å²) in [6.45, 7) is 2.28. The van der Waals surface area contributed by atoms with Gasteiger partial charge in [0.2, 0.25) is 0 Å². The molecule has 0 bridgehead atoms. The summed E-state index contributed by atoms with van der Waals surface area (Å²) < 4.78 is 27.9. The molecule has 0 saturated carbocycles. The molecule has 17 heavy (non-hydrogen) atoms. The van der Waals surface area contributed by atoms with Crippen molar-refractivity contribution in [3.63, 3.8) is 0 Å². The standard InChI is InChI=1S/C10H15N3O2S2/c1-2-6-12-17(14,15)13-9-5-3-4-8(7-9)10(11)16/h3-5,7,12-13H,2,6H2,1H3,(H2,11,16). The van der Waals surface area contributed by atoms with E-state index in [2.05, 4.69) is 9.44 Å². The van der Waals surface area contributed by atoms with Gasteiger partial charge in [-0.05, 0) is 18.6 Å². The van der Waals surface area contributed by atoms with Crippen molar-refractivity contribution in [1.82, 2.24) is 4.72 Å². The van der Waals surface area contributed by atoms with Crippen molar-refractivity contribution in [2.75, 3.05) is 11.3 Å². The lowest BCUT2D eigenvalue weighted by Gasteiger charge is -2.09. The number of anilines is 1. The van der Waals surface area contributed by atoms with Crippen LogP contribution in [0.15, 0.2) is 24.3 Å². The Morgan fingerprint density at radius 3 is 2.76 bits per heavy atom. The van der Waals surface area contributed by atoms with Gasteiger partial charge in [0.25, 0.3) is 10.2 Å². The van der Waals surface area contributed by atoms with E-state index in [4.69, 9.17) is 18.0 Å². The molecule has 1 rings (SSSR count). The summed E-state index contributed by atoms with van der Waals surface area (Å²) in [6, 6.07) is 6.63. The first-order valence-electron chi connectivity index (χ1n) is 5.12. The SMILES string of the molecule is CCCNS(=O)(=O)Nc1cccc(C(N)=S)c1. The van der Waals surface area contributed by atoms with Gasteiger partial charge in [-0.3, -0.25) is 4.72 Å². The fraction of sp³-hybridized carbons (Fsp3) is 0.300. The van der Waals surface area contributed by atoms with E-state index in [1.54, 1.807) is 24.3 Å². The largest absolute Gasteiger partial charge is 0.389 e. The monoisotopic (exact) mass is 273 g/mol. The molecule has 0 amide bonds. The van der Waals surface area contributed by atoms with Crippen LogP contribution in [0.2, 0.25) is 0 Å². The molecule has 5 nitrogen and oxygen atoms in total. The molecule has 0 unspecified atom stereocenters.